The number of anilines is 1. The maximum atomic E-state index is 12.4. The second-order valence-electron chi connectivity index (χ2n) is 5.80. The minimum Gasteiger partial charge on any atom is -0.407 e. The summed E-state index contributed by atoms with van der Waals surface area (Å²) in [6, 6.07) is 8.90. The molecule has 0 saturated carbocycles. The summed E-state index contributed by atoms with van der Waals surface area (Å²) in [5, 5.41) is 24.6. The second-order valence-corrected chi connectivity index (χ2v) is 5.80. The van der Waals surface area contributed by atoms with Crippen LogP contribution in [0.3, 0.4) is 0 Å². The summed E-state index contributed by atoms with van der Waals surface area (Å²) < 4.78 is 4.98. The Hall–Kier alpha value is -3.01. The van der Waals surface area contributed by atoms with Crippen LogP contribution in [0.5, 0.6) is 0 Å². The Morgan fingerprint density at radius 2 is 2.15 bits per heavy atom. The maximum Gasteiger partial charge on any atom is 0.410 e. The van der Waals surface area contributed by atoms with E-state index < -0.39 is 17.8 Å². The van der Waals surface area contributed by atoms with Gasteiger partial charge in [-0.2, -0.15) is 4.80 Å². The van der Waals surface area contributed by atoms with E-state index in [9.17, 15) is 14.7 Å². The Morgan fingerprint density at radius 3 is 2.85 bits per heavy atom. The number of ether oxygens (including phenoxy) is 1. The van der Waals surface area contributed by atoms with E-state index in [0.717, 1.165) is 0 Å². The highest BCUT2D eigenvalue weighted by molar-refractivity contribution is 6.01. The Balaban J connectivity index is 1.51. The van der Waals surface area contributed by atoms with Crippen LogP contribution in [0.4, 0.5) is 10.5 Å². The van der Waals surface area contributed by atoms with Crippen LogP contribution in [-0.2, 0) is 22.5 Å². The number of benzene rings is 1. The Morgan fingerprint density at radius 1 is 1.38 bits per heavy atom. The summed E-state index contributed by atoms with van der Waals surface area (Å²) in [6.07, 6.45) is -0.215. The fourth-order valence-electron chi connectivity index (χ4n) is 2.59. The van der Waals surface area contributed by atoms with E-state index in [1.165, 1.54) is 9.70 Å². The Labute approximate surface area is 149 Å². The lowest BCUT2D eigenvalue weighted by Crippen LogP contribution is -2.46. The first-order valence-corrected chi connectivity index (χ1v) is 8.35. The van der Waals surface area contributed by atoms with Crippen molar-refractivity contribution in [2.45, 2.75) is 32.1 Å². The lowest BCUT2D eigenvalue weighted by Gasteiger charge is -2.22. The van der Waals surface area contributed by atoms with Crippen molar-refractivity contribution in [3.63, 3.8) is 0 Å². The van der Waals surface area contributed by atoms with Gasteiger partial charge in [0.1, 0.15) is 0 Å². The van der Waals surface area contributed by atoms with Gasteiger partial charge in [0, 0.05) is 31.6 Å². The van der Waals surface area contributed by atoms with Crippen molar-refractivity contribution in [1.29, 1.82) is 0 Å². The lowest BCUT2D eigenvalue weighted by molar-refractivity contribution is -0.175. The van der Waals surface area contributed by atoms with Gasteiger partial charge < -0.3 is 20.1 Å². The van der Waals surface area contributed by atoms with E-state index in [1.54, 1.807) is 24.3 Å². The first-order valence-electron chi connectivity index (χ1n) is 8.35. The zero-order valence-corrected chi connectivity index (χ0v) is 14.3. The molecule has 1 aromatic heterocycles. The lowest BCUT2D eigenvalue weighted by atomic mass is 10.2. The molecule has 0 spiro atoms. The highest BCUT2D eigenvalue weighted by atomic mass is 16.7. The summed E-state index contributed by atoms with van der Waals surface area (Å²) >= 11 is 0. The number of aromatic nitrogens is 4. The topological polar surface area (TPSA) is 122 Å². The molecule has 0 radical (unpaired) electrons. The highest BCUT2D eigenvalue weighted by Crippen LogP contribution is 2.29. The van der Waals surface area contributed by atoms with Crippen LogP contribution < -0.4 is 10.2 Å². The number of tetrazole rings is 1. The minimum atomic E-state index is -2.17. The second kappa shape index (κ2) is 7.48. The summed E-state index contributed by atoms with van der Waals surface area (Å²) in [5.74, 6) is -2.22. The van der Waals surface area contributed by atoms with Gasteiger partial charge in [-0.1, -0.05) is 25.1 Å². The van der Waals surface area contributed by atoms with Crippen LogP contribution in [-0.4, -0.2) is 56.2 Å². The fourth-order valence-corrected chi connectivity index (χ4v) is 2.59. The largest absolute Gasteiger partial charge is 0.410 e. The van der Waals surface area contributed by atoms with Crippen molar-refractivity contribution in [3.8, 4) is 0 Å². The molecule has 10 heteroatoms. The molecule has 2 aromatic rings. The highest BCUT2D eigenvalue weighted by Gasteiger charge is 2.49. The van der Waals surface area contributed by atoms with Gasteiger partial charge in [-0.25, -0.2) is 4.79 Å². The molecule has 1 saturated heterocycles. The molecule has 1 atom stereocenters. The minimum absolute atomic E-state index is 0.00135. The van der Waals surface area contributed by atoms with Crippen LogP contribution in [0.1, 0.15) is 19.2 Å². The quantitative estimate of drug-likeness (QED) is 0.700. The molecule has 2 heterocycles. The predicted molar refractivity (Wildman–Crippen MR) is 90.0 cm³/mol. The molecule has 10 nitrogen and oxygen atoms in total. The number of hydrogen-bond donors (Lipinski definition) is 2. The van der Waals surface area contributed by atoms with Crippen LogP contribution in [0.2, 0.25) is 0 Å². The van der Waals surface area contributed by atoms with Crippen molar-refractivity contribution in [2.75, 3.05) is 18.0 Å². The zero-order valence-electron chi connectivity index (χ0n) is 14.3. The number of rotatable bonds is 6. The van der Waals surface area contributed by atoms with Gasteiger partial charge in [0.2, 0.25) is 0 Å². The molecule has 1 fully saturated rings. The molecular weight excluding hydrogens is 340 g/mol. The molecule has 1 aromatic carbocycles. The van der Waals surface area contributed by atoms with Crippen molar-refractivity contribution in [3.05, 3.63) is 36.2 Å². The van der Waals surface area contributed by atoms with E-state index in [4.69, 9.17) is 4.74 Å². The van der Waals surface area contributed by atoms with E-state index >= 15 is 0 Å². The van der Waals surface area contributed by atoms with Gasteiger partial charge in [0.15, 0.2) is 5.82 Å². The molecule has 1 aliphatic heterocycles. The van der Waals surface area contributed by atoms with Crippen molar-refractivity contribution >= 4 is 17.7 Å². The van der Waals surface area contributed by atoms with Gasteiger partial charge >= 0.3 is 6.09 Å². The van der Waals surface area contributed by atoms with Crippen LogP contribution in [0.15, 0.2) is 30.3 Å². The SMILES string of the molecule is CCc1nnn(CCNC(=O)O[C@]2(O)CCN(c3ccccc3)C2=O)n1. The standard InChI is InChI=1S/C16H20N6O4/c1-2-13-18-20-22(19-13)11-9-17-15(24)26-16(25)8-10-21(14(16)23)12-6-4-3-5-7-12/h3-7,25H,2,8-11H2,1H3,(H,17,24)/t16-/m1/s1. The van der Waals surface area contributed by atoms with Crippen LogP contribution in [0.25, 0.3) is 0 Å². The molecule has 138 valence electrons. The molecule has 26 heavy (non-hydrogen) atoms. The normalized spacial score (nSPS) is 19.6. The van der Waals surface area contributed by atoms with Crippen molar-refractivity contribution < 1.29 is 19.4 Å². The summed E-state index contributed by atoms with van der Waals surface area (Å²) in [4.78, 5) is 27.1. The molecule has 3 rings (SSSR count). The van der Waals surface area contributed by atoms with Gasteiger partial charge in [0.25, 0.3) is 11.7 Å². The zero-order chi connectivity index (χ0) is 18.6. The predicted octanol–water partition coefficient (Wildman–Crippen LogP) is 0.0872. The van der Waals surface area contributed by atoms with E-state index in [2.05, 4.69) is 20.7 Å². The fraction of sp³-hybridized carbons (Fsp3) is 0.438. The van der Waals surface area contributed by atoms with Crippen LogP contribution >= 0.6 is 0 Å². The summed E-state index contributed by atoms with van der Waals surface area (Å²) in [7, 11) is 0. The average Bonchev–Trinajstić information content (AvgIpc) is 3.21. The molecule has 0 bridgehead atoms. The number of hydrogen-bond acceptors (Lipinski definition) is 7. The number of aryl methyl sites for hydroxylation is 1. The van der Waals surface area contributed by atoms with Gasteiger partial charge in [-0.05, 0) is 17.3 Å². The molecule has 2 N–H and O–H groups in total. The van der Waals surface area contributed by atoms with Gasteiger partial charge in [0.05, 0.1) is 6.54 Å². The van der Waals surface area contributed by atoms with Crippen molar-refractivity contribution in [2.24, 2.45) is 0 Å². The number of carbonyl (C=O) groups excluding carboxylic acids is 2. The van der Waals surface area contributed by atoms with Gasteiger partial charge in [-0.15, -0.1) is 10.2 Å². The van der Waals surface area contributed by atoms with E-state index in [-0.39, 0.29) is 19.5 Å². The van der Waals surface area contributed by atoms with Crippen molar-refractivity contribution in [1.82, 2.24) is 25.5 Å². The number of aliphatic hydroxyl groups is 1. The molecule has 0 unspecified atom stereocenters. The van der Waals surface area contributed by atoms with E-state index in [0.29, 0.717) is 24.5 Å². The third-order valence-corrected chi connectivity index (χ3v) is 3.97. The average molecular weight is 360 g/mol. The van der Waals surface area contributed by atoms with E-state index in [1.807, 2.05) is 13.0 Å². The molecular formula is C16H20N6O4. The van der Waals surface area contributed by atoms with Gasteiger partial charge in [-0.3, -0.25) is 4.79 Å². The number of alkyl carbamates (subject to hydrolysis) is 1. The third kappa shape index (κ3) is 3.80. The Bertz CT molecular complexity index is 780. The smallest absolute Gasteiger partial charge is 0.407 e. The molecule has 2 amide bonds. The molecule has 0 aliphatic carbocycles. The number of nitrogens with one attached hydrogen (secondary N) is 1. The summed E-state index contributed by atoms with van der Waals surface area (Å²) in [5.41, 5.74) is 0.640. The molecule has 1 aliphatic rings. The van der Waals surface area contributed by atoms with Crippen LogP contribution in [0, 0.1) is 0 Å². The Kier molecular flexibility index (Phi) is 5.12. The first kappa shape index (κ1) is 17.8. The number of para-hydroxylation sites is 1. The summed E-state index contributed by atoms with van der Waals surface area (Å²) in [6.45, 7) is 2.64. The first-order chi connectivity index (χ1) is 12.5. The number of nitrogens with zero attached hydrogens (tertiary/aromatic N) is 5. The third-order valence-electron chi connectivity index (χ3n) is 3.97. The number of amides is 2. The maximum absolute atomic E-state index is 12.4. The monoisotopic (exact) mass is 360 g/mol. The number of carbonyl (C=O) groups is 2.